The molecule has 0 radical (unpaired) electrons. The lowest BCUT2D eigenvalue weighted by Gasteiger charge is -2.11. The standard InChI is InChI=1S/C4H10N2.C3H6O/c1-2-6-4-3-5-1;1-3(2)4/h5-6H,1-4H2;1-2H3. The average molecular weight is 144 g/mol. The monoisotopic (exact) mass is 144 g/mol. The van der Waals surface area contributed by atoms with Crippen LogP contribution in [0.1, 0.15) is 13.8 Å². The molecule has 0 aromatic carbocycles. The predicted molar refractivity (Wildman–Crippen MR) is 42.1 cm³/mol. The molecule has 1 aliphatic rings. The predicted octanol–water partition coefficient (Wildman–Crippen LogP) is -0.226. The lowest BCUT2D eigenvalue weighted by atomic mass is 10.4. The van der Waals surface area contributed by atoms with Gasteiger partial charge in [0, 0.05) is 26.2 Å². The Morgan fingerprint density at radius 3 is 1.30 bits per heavy atom. The van der Waals surface area contributed by atoms with Crippen LogP contribution in [0.4, 0.5) is 0 Å². The lowest BCUT2D eigenvalue weighted by molar-refractivity contribution is -0.114. The first-order valence-corrected chi connectivity index (χ1v) is 3.62. The average Bonchev–Trinajstić information content (AvgIpc) is 1.90. The van der Waals surface area contributed by atoms with Gasteiger partial charge < -0.3 is 15.4 Å². The summed E-state index contributed by atoms with van der Waals surface area (Å²) in [4.78, 5) is 9.44. The third-order valence-corrected chi connectivity index (χ3v) is 0.957. The van der Waals surface area contributed by atoms with Crippen molar-refractivity contribution in [3.8, 4) is 0 Å². The highest BCUT2D eigenvalue weighted by Gasteiger charge is 1.91. The lowest BCUT2D eigenvalue weighted by Crippen LogP contribution is -2.39. The molecule has 2 N–H and O–H groups in total. The fraction of sp³-hybridized carbons (Fsp3) is 0.857. The van der Waals surface area contributed by atoms with Gasteiger partial charge in [-0.25, -0.2) is 0 Å². The molecule has 0 aromatic heterocycles. The van der Waals surface area contributed by atoms with Crippen molar-refractivity contribution < 1.29 is 4.79 Å². The Balaban J connectivity index is 0.000000180. The second-order valence-electron chi connectivity index (χ2n) is 2.41. The number of hydrogen-bond acceptors (Lipinski definition) is 3. The zero-order valence-electron chi connectivity index (χ0n) is 6.74. The van der Waals surface area contributed by atoms with Crippen LogP contribution in [0, 0.1) is 0 Å². The molecule has 10 heavy (non-hydrogen) atoms. The second-order valence-corrected chi connectivity index (χ2v) is 2.41. The molecule has 1 fully saturated rings. The zero-order valence-corrected chi connectivity index (χ0v) is 6.74. The van der Waals surface area contributed by atoms with Gasteiger partial charge in [0.15, 0.2) is 0 Å². The van der Waals surface area contributed by atoms with Gasteiger partial charge >= 0.3 is 0 Å². The second kappa shape index (κ2) is 6.71. The number of rotatable bonds is 0. The van der Waals surface area contributed by atoms with Crippen molar-refractivity contribution in [1.29, 1.82) is 0 Å². The van der Waals surface area contributed by atoms with Crippen LogP contribution in [-0.4, -0.2) is 32.0 Å². The molecule has 0 aliphatic carbocycles. The van der Waals surface area contributed by atoms with Crippen molar-refractivity contribution in [2.24, 2.45) is 0 Å². The fourth-order valence-corrected chi connectivity index (χ4v) is 0.604. The third kappa shape index (κ3) is 10.5. The minimum absolute atomic E-state index is 0.167. The first-order chi connectivity index (χ1) is 4.73. The smallest absolute Gasteiger partial charge is 0.126 e. The number of hydrogen-bond donors (Lipinski definition) is 2. The molecular weight excluding hydrogens is 128 g/mol. The summed E-state index contributed by atoms with van der Waals surface area (Å²) < 4.78 is 0. The fourth-order valence-electron chi connectivity index (χ4n) is 0.604. The van der Waals surface area contributed by atoms with Crippen molar-refractivity contribution in [1.82, 2.24) is 10.6 Å². The molecule has 1 saturated heterocycles. The number of nitrogens with one attached hydrogen (secondary N) is 2. The van der Waals surface area contributed by atoms with E-state index in [1.165, 1.54) is 13.8 Å². The summed E-state index contributed by atoms with van der Waals surface area (Å²) in [6.45, 7) is 7.61. The molecule has 0 atom stereocenters. The summed E-state index contributed by atoms with van der Waals surface area (Å²) in [6.07, 6.45) is 0. The van der Waals surface area contributed by atoms with Crippen LogP contribution in [0.25, 0.3) is 0 Å². The molecule has 1 aliphatic heterocycles. The molecule has 1 heterocycles. The highest BCUT2D eigenvalue weighted by Crippen LogP contribution is 1.65. The van der Waals surface area contributed by atoms with Crippen LogP contribution in [0.15, 0.2) is 0 Å². The van der Waals surface area contributed by atoms with Crippen molar-refractivity contribution in [2.75, 3.05) is 26.2 Å². The Labute approximate surface area is 62.2 Å². The van der Waals surface area contributed by atoms with E-state index in [0.717, 1.165) is 26.2 Å². The molecule has 3 heteroatoms. The van der Waals surface area contributed by atoms with Crippen LogP contribution in [0.5, 0.6) is 0 Å². The van der Waals surface area contributed by atoms with E-state index in [4.69, 9.17) is 0 Å². The molecule has 60 valence electrons. The quantitative estimate of drug-likeness (QED) is 0.493. The minimum atomic E-state index is 0.167. The van der Waals surface area contributed by atoms with E-state index in [9.17, 15) is 4.79 Å². The molecule has 0 unspecified atom stereocenters. The van der Waals surface area contributed by atoms with Crippen LogP contribution in [-0.2, 0) is 4.79 Å². The summed E-state index contributed by atoms with van der Waals surface area (Å²) in [5.74, 6) is 0.167. The van der Waals surface area contributed by atoms with Gasteiger partial charge in [-0.3, -0.25) is 0 Å². The maximum Gasteiger partial charge on any atom is 0.126 e. The van der Waals surface area contributed by atoms with Crippen molar-refractivity contribution in [3.63, 3.8) is 0 Å². The summed E-state index contributed by atoms with van der Waals surface area (Å²) in [5, 5.41) is 6.44. The maximum absolute atomic E-state index is 9.44. The highest BCUT2D eigenvalue weighted by molar-refractivity contribution is 5.72. The van der Waals surface area contributed by atoms with Gasteiger partial charge in [0.2, 0.25) is 0 Å². The van der Waals surface area contributed by atoms with Crippen LogP contribution in [0.3, 0.4) is 0 Å². The molecule has 0 spiro atoms. The molecule has 0 saturated carbocycles. The topological polar surface area (TPSA) is 41.1 Å². The normalized spacial score (nSPS) is 17.0. The molecule has 3 nitrogen and oxygen atoms in total. The zero-order chi connectivity index (χ0) is 7.82. The summed E-state index contributed by atoms with van der Waals surface area (Å²) in [5.41, 5.74) is 0. The highest BCUT2D eigenvalue weighted by atomic mass is 16.1. The van der Waals surface area contributed by atoms with Crippen LogP contribution in [0.2, 0.25) is 0 Å². The largest absolute Gasteiger partial charge is 0.314 e. The number of Topliss-reactive ketones (excluding diaryl/α,β-unsaturated/α-hetero) is 1. The summed E-state index contributed by atoms with van der Waals surface area (Å²) in [7, 11) is 0. The van der Waals surface area contributed by atoms with Gasteiger partial charge in [-0.05, 0) is 13.8 Å². The van der Waals surface area contributed by atoms with Crippen molar-refractivity contribution >= 4 is 5.78 Å². The van der Waals surface area contributed by atoms with E-state index in [1.54, 1.807) is 0 Å². The van der Waals surface area contributed by atoms with Gasteiger partial charge in [0.25, 0.3) is 0 Å². The van der Waals surface area contributed by atoms with E-state index >= 15 is 0 Å². The van der Waals surface area contributed by atoms with Crippen molar-refractivity contribution in [2.45, 2.75) is 13.8 Å². The number of ketones is 1. The van der Waals surface area contributed by atoms with Gasteiger partial charge in [0.05, 0.1) is 0 Å². The summed E-state index contributed by atoms with van der Waals surface area (Å²) in [6, 6.07) is 0. The first-order valence-electron chi connectivity index (χ1n) is 3.62. The minimum Gasteiger partial charge on any atom is -0.314 e. The molecule has 0 aromatic rings. The number of carbonyl (C=O) groups excluding carboxylic acids is 1. The Bertz CT molecular complexity index is 74.1. The Kier molecular flexibility index (Phi) is 6.43. The molecular formula is C7H16N2O. The van der Waals surface area contributed by atoms with E-state index < -0.39 is 0 Å². The Morgan fingerprint density at radius 2 is 1.20 bits per heavy atom. The molecule has 0 bridgehead atoms. The van der Waals surface area contributed by atoms with Crippen LogP contribution >= 0.6 is 0 Å². The van der Waals surface area contributed by atoms with E-state index in [1.807, 2.05) is 0 Å². The third-order valence-electron chi connectivity index (χ3n) is 0.957. The van der Waals surface area contributed by atoms with E-state index in [2.05, 4.69) is 10.6 Å². The molecule has 0 amide bonds. The van der Waals surface area contributed by atoms with Gasteiger partial charge in [-0.2, -0.15) is 0 Å². The van der Waals surface area contributed by atoms with Crippen molar-refractivity contribution in [3.05, 3.63) is 0 Å². The first kappa shape index (κ1) is 9.59. The Morgan fingerprint density at radius 1 is 1.00 bits per heavy atom. The van der Waals surface area contributed by atoms with Gasteiger partial charge in [0.1, 0.15) is 5.78 Å². The van der Waals surface area contributed by atoms with E-state index in [-0.39, 0.29) is 5.78 Å². The van der Waals surface area contributed by atoms with Crippen LogP contribution < -0.4 is 10.6 Å². The number of carbonyl (C=O) groups is 1. The van der Waals surface area contributed by atoms with Gasteiger partial charge in [-0.1, -0.05) is 0 Å². The summed E-state index contributed by atoms with van der Waals surface area (Å²) >= 11 is 0. The maximum atomic E-state index is 9.44. The SMILES string of the molecule is C1CNCCN1.CC(C)=O. The number of piperazine rings is 1. The van der Waals surface area contributed by atoms with E-state index in [0.29, 0.717) is 0 Å². The Hall–Kier alpha value is -0.410. The molecule has 1 rings (SSSR count). The van der Waals surface area contributed by atoms with Gasteiger partial charge in [-0.15, -0.1) is 0 Å².